The first kappa shape index (κ1) is 10.4. The van der Waals surface area contributed by atoms with Crippen LogP contribution < -0.4 is 10.6 Å². The fraction of sp³-hybridized carbons (Fsp3) is 0.583. The van der Waals surface area contributed by atoms with E-state index < -0.39 is 0 Å². The van der Waals surface area contributed by atoms with Crippen LogP contribution in [0.3, 0.4) is 0 Å². The zero-order chi connectivity index (χ0) is 11.1. The molecule has 2 fully saturated rings. The SMILES string of the molecule is Nc1cc(Br)cnc1N1CC2CCCC2C1. The quantitative estimate of drug-likeness (QED) is 0.861. The number of hydrogen-bond acceptors (Lipinski definition) is 3. The normalized spacial score (nSPS) is 28.4. The Labute approximate surface area is 104 Å². The number of nitrogens with two attached hydrogens (primary N) is 1. The largest absolute Gasteiger partial charge is 0.396 e. The van der Waals surface area contributed by atoms with Crippen molar-refractivity contribution in [1.29, 1.82) is 0 Å². The monoisotopic (exact) mass is 281 g/mol. The highest BCUT2D eigenvalue weighted by Gasteiger charge is 2.36. The maximum atomic E-state index is 6.02. The summed E-state index contributed by atoms with van der Waals surface area (Å²) in [5.41, 5.74) is 6.80. The molecule has 3 rings (SSSR count). The fourth-order valence-electron chi connectivity index (χ4n) is 3.12. The van der Waals surface area contributed by atoms with Crippen molar-refractivity contribution in [2.75, 3.05) is 23.7 Å². The van der Waals surface area contributed by atoms with Gasteiger partial charge in [0.15, 0.2) is 5.82 Å². The van der Waals surface area contributed by atoms with E-state index in [1.807, 2.05) is 12.3 Å². The van der Waals surface area contributed by atoms with E-state index in [9.17, 15) is 0 Å². The predicted molar refractivity (Wildman–Crippen MR) is 69.4 cm³/mol. The van der Waals surface area contributed by atoms with Crippen molar-refractivity contribution in [2.24, 2.45) is 11.8 Å². The molecule has 0 bridgehead atoms. The van der Waals surface area contributed by atoms with Gasteiger partial charge < -0.3 is 10.6 Å². The maximum Gasteiger partial charge on any atom is 0.151 e. The molecule has 0 aromatic carbocycles. The molecule has 2 heterocycles. The van der Waals surface area contributed by atoms with Gasteiger partial charge in [0.1, 0.15) is 0 Å². The molecule has 0 amide bonds. The first-order valence-corrected chi connectivity index (χ1v) is 6.69. The lowest BCUT2D eigenvalue weighted by molar-refractivity contribution is 0.494. The van der Waals surface area contributed by atoms with E-state index >= 15 is 0 Å². The van der Waals surface area contributed by atoms with Crippen molar-refractivity contribution in [3.63, 3.8) is 0 Å². The van der Waals surface area contributed by atoms with Gasteiger partial charge >= 0.3 is 0 Å². The highest BCUT2D eigenvalue weighted by molar-refractivity contribution is 9.10. The lowest BCUT2D eigenvalue weighted by Crippen LogP contribution is -2.23. The number of aromatic nitrogens is 1. The average molecular weight is 282 g/mol. The lowest BCUT2D eigenvalue weighted by Gasteiger charge is -2.20. The molecule has 4 heteroatoms. The van der Waals surface area contributed by atoms with Gasteiger partial charge in [-0.05, 0) is 46.7 Å². The number of anilines is 2. The molecule has 2 atom stereocenters. The standard InChI is InChI=1S/C12H16BrN3/c13-10-4-11(14)12(15-5-10)16-6-8-2-1-3-9(8)7-16/h4-5,8-9H,1-3,6-7,14H2. The first-order chi connectivity index (χ1) is 7.74. The molecule has 0 spiro atoms. The van der Waals surface area contributed by atoms with Crippen molar-refractivity contribution in [2.45, 2.75) is 19.3 Å². The highest BCUT2D eigenvalue weighted by atomic mass is 79.9. The summed E-state index contributed by atoms with van der Waals surface area (Å²) in [6.07, 6.45) is 6.02. The number of nitrogens with zero attached hydrogens (tertiary/aromatic N) is 2. The van der Waals surface area contributed by atoms with Crippen LogP contribution in [0.4, 0.5) is 11.5 Å². The van der Waals surface area contributed by atoms with E-state index in [0.717, 1.165) is 40.9 Å². The van der Waals surface area contributed by atoms with Gasteiger partial charge in [-0.3, -0.25) is 0 Å². The predicted octanol–water partition coefficient (Wildman–Crippen LogP) is 2.66. The van der Waals surface area contributed by atoms with Gasteiger partial charge in [-0.15, -0.1) is 0 Å². The summed E-state index contributed by atoms with van der Waals surface area (Å²) >= 11 is 3.39. The lowest BCUT2D eigenvalue weighted by atomic mass is 10.0. The van der Waals surface area contributed by atoms with Gasteiger partial charge in [0.05, 0.1) is 5.69 Å². The molecule has 0 radical (unpaired) electrons. The van der Waals surface area contributed by atoms with Crippen molar-refractivity contribution in [3.05, 3.63) is 16.7 Å². The summed E-state index contributed by atoms with van der Waals surface area (Å²) in [7, 11) is 0. The van der Waals surface area contributed by atoms with E-state index in [4.69, 9.17) is 5.73 Å². The average Bonchev–Trinajstić information content (AvgIpc) is 2.76. The number of hydrogen-bond donors (Lipinski definition) is 1. The Morgan fingerprint density at radius 1 is 1.31 bits per heavy atom. The Morgan fingerprint density at radius 3 is 2.62 bits per heavy atom. The molecule has 2 aliphatic rings. The van der Waals surface area contributed by atoms with E-state index in [2.05, 4.69) is 25.8 Å². The Morgan fingerprint density at radius 2 is 2.00 bits per heavy atom. The van der Waals surface area contributed by atoms with Gasteiger partial charge in [-0.25, -0.2) is 4.98 Å². The molecule has 3 nitrogen and oxygen atoms in total. The maximum absolute atomic E-state index is 6.02. The summed E-state index contributed by atoms with van der Waals surface area (Å²) in [5.74, 6) is 2.73. The number of halogens is 1. The highest BCUT2D eigenvalue weighted by Crippen LogP contribution is 2.40. The molecule has 1 aromatic rings. The minimum Gasteiger partial charge on any atom is -0.396 e. The van der Waals surface area contributed by atoms with Crippen molar-refractivity contribution in [1.82, 2.24) is 4.98 Å². The van der Waals surface area contributed by atoms with Crippen LogP contribution >= 0.6 is 15.9 Å². The van der Waals surface area contributed by atoms with Crippen LogP contribution in [0.15, 0.2) is 16.7 Å². The molecule has 86 valence electrons. The number of nitrogen functional groups attached to an aromatic ring is 1. The van der Waals surface area contributed by atoms with Crippen LogP contribution in [0.25, 0.3) is 0 Å². The molecular weight excluding hydrogens is 266 g/mol. The zero-order valence-electron chi connectivity index (χ0n) is 9.19. The van der Waals surface area contributed by atoms with Gasteiger partial charge in [0, 0.05) is 23.8 Å². The topological polar surface area (TPSA) is 42.1 Å². The van der Waals surface area contributed by atoms with Gasteiger partial charge in [0.2, 0.25) is 0 Å². The van der Waals surface area contributed by atoms with Crippen molar-refractivity contribution >= 4 is 27.4 Å². The first-order valence-electron chi connectivity index (χ1n) is 5.90. The molecular formula is C12H16BrN3. The molecule has 2 unspecified atom stereocenters. The number of rotatable bonds is 1. The fourth-order valence-corrected chi connectivity index (χ4v) is 3.47. The van der Waals surface area contributed by atoms with Gasteiger partial charge in [0.25, 0.3) is 0 Å². The van der Waals surface area contributed by atoms with Gasteiger partial charge in [-0.2, -0.15) is 0 Å². The van der Waals surface area contributed by atoms with E-state index in [1.54, 1.807) is 0 Å². The molecule has 2 N–H and O–H groups in total. The Bertz CT molecular complexity index is 395. The van der Waals surface area contributed by atoms with E-state index in [1.165, 1.54) is 19.3 Å². The molecule has 1 aliphatic heterocycles. The van der Waals surface area contributed by atoms with Crippen LogP contribution in [0, 0.1) is 11.8 Å². The summed E-state index contributed by atoms with van der Waals surface area (Å²) in [4.78, 5) is 6.80. The molecule has 1 saturated carbocycles. The minimum absolute atomic E-state index is 0.786. The summed E-state index contributed by atoms with van der Waals surface area (Å²) in [5, 5.41) is 0. The van der Waals surface area contributed by atoms with Crippen LogP contribution in [-0.2, 0) is 0 Å². The third kappa shape index (κ3) is 1.69. The third-order valence-corrected chi connectivity index (χ3v) is 4.32. The Hall–Kier alpha value is -0.770. The minimum atomic E-state index is 0.786. The van der Waals surface area contributed by atoms with E-state index in [-0.39, 0.29) is 0 Å². The summed E-state index contributed by atoms with van der Waals surface area (Å²) in [6, 6.07) is 1.94. The van der Waals surface area contributed by atoms with Crippen LogP contribution in [0.2, 0.25) is 0 Å². The smallest absolute Gasteiger partial charge is 0.151 e. The second-order valence-electron chi connectivity index (χ2n) is 4.92. The van der Waals surface area contributed by atoms with E-state index in [0.29, 0.717) is 0 Å². The van der Waals surface area contributed by atoms with Crippen LogP contribution in [-0.4, -0.2) is 18.1 Å². The number of fused-ring (bicyclic) bond motifs is 1. The molecule has 1 aliphatic carbocycles. The second-order valence-corrected chi connectivity index (χ2v) is 5.84. The van der Waals surface area contributed by atoms with Gasteiger partial charge in [-0.1, -0.05) is 6.42 Å². The molecule has 1 aromatic heterocycles. The van der Waals surface area contributed by atoms with Crippen molar-refractivity contribution < 1.29 is 0 Å². The second kappa shape index (κ2) is 3.91. The zero-order valence-corrected chi connectivity index (χ0v) is 10.8. The van der Waals surface area contributed by atoms with Crippen LogP contribution in [0.1, 0.15) is 19.3 Å². The Kier molecular flexibility index (Phi) is 2.54. The van der Waals surface area contributed by atoms with Crippen molar-refractivity contribution in [3.8, 4) is 0 Å². The Balaban J connectivity index is 1.83. The van der Waals surface area contributed by atoms with Crippen LogP contribution in [0.5, 0.6) is 0 Å². The number of pyridine rings is 1. The third-order valence-electron chi connectivity index (χ3n) is 3.89. The summed E-state index contributed by atoms with van der Waals surface area (Å²) < 4.78 is 0.952. The summed E-state index contributed by atoms with van der Waals surface area (Å²) in [6.45, 7) is 2.28. The molecule has 16 heavy (non-hydrogen) atoms. The molecule has 1 saturated heterocycles.